The van der Waals surface area contributed by atoms with Gasteiger partial charge in [0, 0.05) is 31.5 Å². The normalized spacial score (nSPS) is 11.8. The number of rotatable bonds is 4. The third-order valence-electron chi connectivity index (χ3n) is 2.91. The van der Waals surface area contributed by atoms with Gasteiger partial charge in [0.15, 0.2) is 10.6 Å². The Morgan fingerprint density at radius 1 is 1.45 bits per heavy atom. The smallest absolute Gasteiger partial charge is 0.248 e. The quantitative estimate of drug-likeness (QED) is 0.812. The molecule has 20 heavy (non-hydrogen) atoms. The molecule has 0 unspecified atom stereocenters. The Balaban J connectivity index is 2.03. The number of ketones is 1. The van der Waals surface area contributed by atoms with Crippen LogP contribution >= 0.6 is 11.3 Å². The van der Waals surface area contributed by atoms with E-state index in [1.165, 1.54) is 18.3 Å². The molecule has 106 valence electrons. The van der Waals surface area contributed by atoms with Gasteiger partial charge in [0.2, 0.25) is 5.91 Å². The Hall–Kier alpha value is -1.95. The van der Waals surface area contributed by atoms with E-state index < -0.39 is 0 Å². The summed E-state index contributed by atoms with van der Waals surface area (Å²) in [4.78, 5) is 27.8. The van der Waals surface area contributed by atoms with Crippen molar-refractivity contribution in [3.8, 4) is 0 Å². The van der Waals surface area contributed by atoms with Gasteiger partial charge in [0.25, 0.3) is 0 Å². The van der Waals surface area contributed by atoms with Crippen molar-refractivity contribution in [2.24, 2.45) is 12.0 Å². The minimum atomic E-state index is -0.193. The number of carbonyl (C=O) groups excluding carboxylic acids is 2. The van der Waals surface area contributed by atoms with Gasteiger partial charge in [0.1, 0.15) is 11.5 Å². The first-order valence-electron chi connectivity index (χ1n) is 6.25. The van der Waals surface area contributed by atoms with Gasteiger partial charge in [-0.1, -0.05) is 0 Å². The predicted molar refractivity (Wildman–Crippen MR) is 75.6 cm³/mol. The van der Waals surface area contributed by atoms with Crippen molar-refractivity contribution in [1.29, 1.82) is 0 Å². The topological polar surface area (TPSA) is 64.6 Å². The number of hydrogen-bond acceptors (Lipinski definition) is 4. The summed E-state index contributed by atoms with van der Waals surface area (Å²) in [5, 5.41) is 1.88. The fourth-order valence-corrected chi connectivity index (χ4v) is 2.59. The lowest BCUT2D eigenvalue weighted by Gasteiger charge is -1.93. The zero-order chi connectivity index (χ0) is 14.7. The fraction of sp³-hybridized carbons (Fsp3) is 0.357. The molecule has 0 aliphatic heterocycles. The average molecular weight is 292 g/mol. The van der Waals surface area contributed by atoms with Crippen molar-refractivity contribution in [2.45, 2.75) is 26.7 Å². The van der Waals surface area contributed by atoms with E-state index in [-0.39, 0.29) is 18.1 Å². The summed E-state index contributed by atoms with van der Waals surface area (Å²) in [5.74, 6) is 1.02. The summed E-state index contributed by atoms with van der Waals surface area (Å²) in [5.41, 5.74) is 0.578. The van der Waals surface area contributed by atoms with Crippen LogP contribution in [0.25, 0.3) is 0 Å². The van der Waals surface area contributed by atoms with Crippen LogP contribution in [0.5, 0.6) is 0 Å². The van der Waals surface area contributed by atoms with Gasteiger partial charge in [0.05, 0.1) is 5.56 Å². The summed E-state index contributed by atoms with van der Waals surface area (Å²) in [6.45, 7) is 3.25. The van der Waals surface area contributed by atoms with E-state index in [1.807, 2.05) is 18.6 Å². The zero-order valence-electron chi connectivity index (χ0n) is 11.7. The lowest BCUT2D eigenvalue weighted by molar-refractivity contribution is -0.118. The summed E-state index contributed by atoms with van der Waals surface area (Å²) in [6.07, 6.45) is 2.57. The summed E-state index contributed by atoms with van der Waals surface area (Å²) in [6, 6.07) is 1.70. The molecular weight excluding hydrogens is 276 g/mol. The van der Waals surface area contributed by atoms with E-state index in [1.54, 1.807) is 17.6 Å². The lowest BCUT2D eigenvalue weighted by atomic mass is 10.1. The molecule has 0 fully saturated rings. The predicted octanol–water partition coefficient (Wildman–Crippen LogP) is 2.25. The van der Waals surface area contributed by atoms with Gasteiger partial charge < -0.3 is 8.98 Å². The highest BCUT2D eigenvalue weighted by Gasteiger charge is 2.12. The molecule has 0 atom stereocenters. The standard InChI is InChI=1S/C14H16N2O3S/c1-9(17)12-8-11(19-10(12)2)4-5-13(18)15-14-16(3)6-7-20-14/h6-8H,4-5H2,1-3H3. The summed E-state index contributed by atoms with van der Waals surface area (Å²) < 4.78 is 7.27. The van der Waals surface area contributed by atoms with E-state index in [4.69, 9.17) is 4.42 Å². The maximum absolute atomic E-state index is 11.8. The number of amides is 1. The maximum Gasteiger partial charge on any atom is 0.248 e. The molecule has 6 heteroatoms. The van der Waals surface area contributed by atoms with E-state index >= 15 is 0 Å². The van der Waals surface area contributed by atoms with Gasteiger partial charge in [-0.05, 0) is 19.9 Å². The van der Waals surface area contributed by atoms with Gasteiger partial charge in [-0.3, -0.25) is 9.59 Å². The van der Waals surface area contributed by atoms with E-state index in [2.05, 4.69) is 4.99 Å². The molecule has 0 saturated heterocycles. The lowest BCUT2D eigenvalue weighted by Crippen LogP contribution is -2.12. The van der Waals surface area contributed by atoms with Crippen LogP contribution in [-0.2, 0) is 18.3 Å². The highest BCUT2D eigenvalue weighted by Crippen LogP contribution is 2.16. The van der Waals surface area contributed by atoms with Gasteiger partial charge in [-0.2, -0.15) is 4.99 Å². The molecule has 0 saturated carbocycles. The third-order valence-corrected chi connectivity index (χ3v) is 3.76. The first-order chi connectivity index (χ1) is 9.47. The van der Waals surface area contributed by atoms with Crippen molar-refractivity contribution in [3.63, 3.8) is 0 Å². The largest absolute Gasteiger partial charge is 0.466 e. The van der Waals surface area contributed by atoms with Crippen molar-refractivity contribution in [1.82, 2.24) is 4.57 Å². The highest BCUT2D eigenvalue weighted by atomic mass is 32.1. The number of Topliss-reactive ketones (excluding diaryl/α,β-unsaturated/α-hetero) is 1. The SMILES string of the molecule is CC(=O)c1cc(CCC(=O)N=c2sccn2C)oc1C. The number of hydrogen-bond donors (Lipinski definition) is 0. The number of aromatic nitrogens is 1. The molecule has 0 radical (unpaired) electrons. The Morgan fingerprint density at radius 2 is 2.20 bits per heavy atom. The number of nitrogens with zero attached hydrogens (tertiary/aromatic N) is 2. The molecule has 0 aromatic carbocycles. The molecule has 5 nitrogen and oxygen atoms in total. The zero-order valence-corrected chi connectivity index (χ0v) is 12.5. The van der Waals surface area contributed by atoms with Gasteiger partial charge in [-0.15, -0.1) is 11.3 Å². The van der Waals surface area contributed by atoms with Crippen LogP contribution in [0.2, 0.25) is 0 Å². The van der Waals surface area contributed by atoms with E-state index in [0.29, 0.717) is 28.3 Å². The van der Waals surface area contributed by atoms with Gasteiger partial charge in [-0.25, -0.2) is 0 Å². The molecule has 2 aromatic heterocycles. The first-order valence-corrected chi connectivity index (χ1v) is 7.13. The average Bonchev–Trinajstić information content (AvgIpc) is 2.94. The number of carbonyl (C=O) groups is 2. The second-order valence-corrected chi connectivity index (χ2v) is 5.41. The molecule has 0 bridgehead atoms. The summed E-state index contributed by atoms with van der Waals surface area (Å²) >= 11 is 1.42. The highest BCUT2D eigenvalue weighted by molar-refractivity contribution is 7.07. The monoisotopic (exact) mass is 292 g/mol. The van der Waals surface area contributed by atoms with Crippen LogP contribution in [0.4, 0.5) is 0 Å². The molecule has 0 spiro atoms. The first kappa shape index (κ1) is 14.5. The second-order valence-electron chi connectivity index (χ2n) is 4.54. The van der Waals surface area contributed by atoms with Crippen molar-refractivity contribution >= 4 is 23.0 Å². The van der Waals surface area contributed by atoms with Crippen molar-refractivity contribution in [2.75, 3.05) is 0 Å². The molecule has 0 aliphatic carbocycles. The number of furan rings is 1. The number of aryl methyl sites for hydroxylation is 3. The molecule has 2 aromatic rings. The van der Waals surface area contributed by atoms with Crippen molar-refractivity contribution < 1.29 is 14.0 Å². The van der Waals surface area contributed by atoms with Crippen LogP contribution in [-0.4, -0.2) is 16.3 Å². The molecular formula is C14H16N2O3S. The molecule has 0 aliphatic rings. The van der Waals surface area contributed by atoms with E-state index in [0.717, 1.165) is 0 Å². The Labute approximate surface area is 120 Å². The van der Waals surface area contributed by atoms with Crippen molar-refractivity contribution in [3.05, 3.63) is 39.5 Å². The van der Waals surface area contributed by atoms with Crippen LogP contribution < -0.4 is 4.80 Å². The third kappa shape index (κ3) is 3.33. The second kappa shape index (κ2) is 6.00. The van der Waals surface area contributed by atoms with Crippen LogP contribution in [0, 0.1) is 6.92 Å². The number of thiazole rings is 1. The van der Waals surface area contributed by atoms with Crippen LogP contribution in [0.1, 0.15) is 35.2 Å². The fourth-order valence-electron chi connectivity index (χ4n) is 1.84. The van der Waals surface area contributed by atoms with Crippen LogP contribution in [0.3, 0.4) is 0 Å². The molecule has 1 amide bonds. The van der Waals surface area contributed by atoms with Crippen LogP contribution in [0.15, 0.2) is 27.1 Å². The Bertz CT molecular complexity index is 706. The van der Waals surface area contributed by atoms with Gasteiger partial charge >= 0.3 is 0 Å². The molecule has 2 rings (SSSR count). The summed E-state index contributed by atoms with van der Waals surface area (Å²) in [7, 11) is 1.84. The molecule has 2 heterocycles. The Kier molecular flexibility index (Phi) is 4.34. The molecule has 0 N–H and O–H groups in total. The Morgan fingerprint density at radius 3 is 2.75 bits per heavy atom. The maximum atomic E-state index is 11.8. The van der Waals surface area contributed by atoms with E-state index in [9.17, 15) is 9.59 Å². The minimum Gasteiger partial charge on any atom is -0.466 e. The minimum absolute atomic E-state index is 0.0286.